The van der Waals surface area contributed by atoms with E-state index in [0.29, 0.717) is 36.8 Å². The first-order valence-corrected chi connectivity index (χ1v) is 10.7. The van der Waals surface area contributed by atoms with Gasteiger partial charge in [-0.2, -0.15) is 0 Å². The Kier molecular flexibility index (Phi) is 5.46. The average molecular weight is 429 g/mol. The minimum Gasteiger partial charge on any atom is -0.444 e. The molecule has 1 atom stereocenters. The van der Waals surface area contributed by atoms with Gasteiger partial charge >= 0.3 is 6.09 Å². The van der Waals surface area contributed by atoms with Crippen LogP contribution in [0, 0.1) is 0 Å². The predicted molar refractivity (Wildman–Crippen MR) is 113 cm³/mol. The Bertz CT molecular complexity index is 981. The second-order valence-electron chi connectivity index (χ2n) is 8.24. The van der Waals surface area contributed by atoms with Gasteiger partial charge in [0.1, 0.15) is 11.3 Å². The van der Waals surface area contributed by atoms with Crippen LogP contribution in [-0.2, 0) is 27.3 Å². The molecule has 1 aromatic carbocycles. The van der Waals surface area contributed by atoms with Gasteiger partial charge in [-0.05, 0) is 26.3 Å². The maximum Gasteiger partial charge on any atom is 0.410 e. The molecule has 0 fully saturated rings. The van der Waals surface area contributed by atoms with E-state index in [9.17, 15) is 9.59 Å². The molecule has 0 saturated carbocycles. The molecule has 1 aromatic heterocycles. The van der Waals surface area contributed by atoms with E-state index < -0.39 is 5.60 Å². The smallest absolute Gasteiger partial charge is 0.410 e. The predicted octanol–water partition coefficient (Wildman–Crippen LogP) is 3.89. The Balaban J connectivity index is 1.36. The van der Waals surface area contributed by atoms with Crippen LogP contribution in [0.15, 0.2) is 35.5 Å². The van der Waals surface area contributed by atoms with Crippen molar-refractivity contribution in [3.63, 3.8) is 0 Å². The number of carbonyl (C=O) groups is 2. The molecule has 0 aliphatic carbocycles. The Morgan fingerprint density at radius 1 is 1.27 bits per heavy atom. The van der Waals surface area contributed by atoms with Gasteiger partial charge in [-0.15, -0.1) is 0 Å². The Hall–Kier alpha value is -2.94. The van der Waals surface area contributed by atoms with E-state index in [4.69, 9.17) is 9.57 Å². The molecule has 2 aromatic rings. The van der Waals surface area contributed by atoms with Crippen LogP contribution in [0.4, 0.5) is 9.93 Å². The van der Waals surface area contributed by atoms with Gasteiger partial charge in [0.15, 0.2) is 11.2 Å². The van der Waals surface area contributed by atoms with Crippen molar-refractivity contribution in [1.82, 2.24) is 9.88 Å². The zero-order chi connectivity index (χ0) is 21.3. The molecular formula is C21H24N4O4S. The summed E-state index contributed by atoms with van der Waals surface area (Å²) in [6, 6.07) is 9.69. The lowest BCUT2D eigenvalue weighted by atomic mass is 10.0. The van der Waals surface area contributed by atoms with Gasteiger partial charge in [0, 0.05) is 24.3 Å². The minimum absolute atomic E-state index is 0.251. The van der Waals surface area contributed by atoms with Gasteiger partial charge in [-0.1, -0.05) is 46.8 Å². The standard InChI is InChI=1S/C21H24N4O4S/c1-21(2,3)28-20(27)25-10-9-14-17(12-25)30-19(22-14)23-18(26)15-11-16(29-24-15)13-7-5-4-6-8-13/h4-8,16H,9-12H2,1-3H3,(H,22,23,26). The molecule has 4 rings (SSSR count). The third-order valence-electron chi connectivity index (χ3n) is 4.71. The van der Waals surface area contributed by atoms with Crippen molar-refractivity contribution in [2.45, 2.75) is 51.9 Å². The van der Waals surface area contributed by atoms with Crippen molar-refractivity contribution < 1.29 is 19.2 Å². The highest BCUT2D eigenvalue weighted by atomic mass is 32.1. The number of nitrogens with one attached hydrogen (secondary N) is 1. The van der Waals surface area contributed by atoms with Gasteiger partial charge in [-0.25, -0.2) is 9.78 Å². The number of rotatable bonds is 3. The average Bonchev–Trinajstić information content (AvgIpc) is 3.33. The van der Waals surface area contributed by atoms with E-state index in [1.807, 2.05) is 51.1 Å². The first-order valence-electron chi connectivity index (χ1n) is 9.84. The molecule has 0 radical (unpaired) electrons. The molecule has 30 heavy (non-hydrogen) atoms. The van der Waals surface area contributed by atoms with Crippen LogP contribution in [-0.4, -0.2) is 39.7 Å². The molecule has 2 aliphatic heterocycles. The summed E-state index contributed by atoms with van der Waals surface area (Å²) < 4.78 is 5.45. The van der Waals surface area contributed by atoms with Crippen molar-refractivity contribution >= 4 is 34.2 Å². The maximum atomic E-state index is 12.6. The number of hydrogen-bond acceptors (Lipinski definition) is 7. The first-order chi connectivity index (χ1) is 14.3. The van der Waals surface area contributed by atoms with Crippen LogP contribution in [0.5, 0.6) is 0 Å². The van der Waals surface area contributed by atoms with Crippen molar-refractivity contribution in [2.24, 2.45) is 5.16 Å². The van der Waals surface area contributed by atoms with Crippen LogP contribution in [0.1, 0.15) is 49.4 Å². The number of nitrogens with zero attached hydrogens (tertiary/aromatic N) is 3. The van der Waals surface area contributed by atoms with E-state index in [1.54, 1.807) is 4.90 Å². The van der Waals surface area contributed by atoms with Crippen LogP contribution in [0.3, 0.4) is 0 Å². The van der Waals surface area contributed by atoms with E-state index in [2.05, 4.69) is 15.5 Å². The largest absolute Gasteiger partial charge is 0.444 e. The SMILES string of the molecule is CC(C)(C)OC(=O)N1CCc2nc(NC(=O)C3=NOC(c4ccccc4)C3)sc2C1. The van der Waals surface area contributed by atoms with Gasteiger partial charge in [-0.3, -0.25) is 10.1 Å². The molecule has 8 nitrogen and oxygen atoms in total. The molecule has 1 N–H and O–H groups in total. The van der Waals surface area contributed by atoms with E-state index in [0.717, 1.165) is 16.1 Å². The second-order valence-corrected chi connectivity index (χ2v) is 9.33. The van der Waals surface area contributed by atoms with Crippen LogP contribution in [0.25, 0.3) is 0 Å². The quantitative estimate of drug-likeness (QED) is 0.801. The summed E-state index contributed by atoms with van der Waals surface area (Å²) in [5.41, 5.74) is 1.69. The number of ether oxygens (including phenoxy) is 1. The third kappa shape index (κ3) is 4.62. The lowest BCUT2D eigenvalue weighted by molar-refractivity contribution is -0.110. The zero-order valence-corrected chi connectivity index (χ0v) is 18.0. The number of benzene rings is 1. The summed E-state index contributed by atoms with van der Waals surface area (Å²) in [6.07, 6.45) is 0.449. The summed E-state index contributed by atoms with van der Waals surface area (Å²) in [5, 5.41) is 7.27. The Morgan fingerprint density at radius 3 is 2.77 bits per heavy atom. The third-order valence-corrected chi connectivity index (χ3v) is 5.70. The minimum atomic E-state index is -0.536. The van der Waals surface area contributed by atoms with Crippen LogP contribution < -0.4 is 5.32 Å². The number of thiazole rings is 1. The summed E-state index contributed by atoms with van der Waals surface area (Å²) in [6.45, 7) is 6.51. The molecule has 0 bridgehead atoms. The van der Waals surface area contributed by atoms with E-state index in [-0.39, 0.29) is 18.1 Å². The van der Waals surface area contributed by atoms with Gasteiger partial charge in [0.2, 0.25) is 0 Å². The van der Waals surface area contributed by atoms with Crippen molar-refractivity contribution in [2.75, 3.05) is 11.9 Å². The summed E-state index contributed by atoms with van der Waals surface area (Å²) in [7, 11) is 0. The van der Waals surface area contributed by atoms with Crippen LogP contribution >= 0.6 is 11.3 Å². The van der Waals surface area contributed by atoms with Crippen LogP contribution in [0.2, 0.25) is 0 Å². The molecular weight excluding hydrogens is 404 g/mol. The molecule has 0 saturated heterocycles. The highest BCUT2D eigenvalue weighted by Crippen LogP contribution is 2.30. The number of anilines is 1. The van der Waals surface area contributed by atoms with E-state index >= 15 is 0 Å². The highest BCUT2D eigenvalue weighted by Gasteiger charge is 2.30. The molecule has 0 spiro atoms. The monoisotopic (exact) mass is 428 g/mol. The van der Waals surface area contributed by atoms with E-state index in [1.165, 1.54) is 11.3 Å². The zero-order valence-electron chi connectivity index (χ0n) is 17.2. The van der Waals surface area contributed by atoms with Gasteiger partial charge in [0.05, 0.1) is 12.2 Å². The van der Waals surface area contributed by atoms with Gasteiger partial charge < -0.3 is 14.5 Å². The lowest BCUT2D eigenvalue weighted by Crippen LogP contribution is -2.39. The topological polar surface area (TPSA) is 93.1 Å². The number of oxime groups is 1. The molecule has 1 unspecified atom stereocenters. The summed E-state index contributed by atoms with van der Waals surface area (Å²) in [4.78, 5) is 37.5. The number of hydrogen-bond donors (Lipinski definition) is 1. The molecule has 2 aliphatic rings. The highest BCUT2D eigenvalue weighted by molar-refractivity contribution is 7.16. The summed E-state index contributed by atoms with van der Waals surface area (Å²) in [5.74, 6) is -0.316. The maximum absolute atomic E-state index is 12.6. The summed E-state index contributed by atoms with van der Waals surface area (Å²) >= 11 is 1.37. The fraction of sp³-hybridized carbons (Fsp3) is 0.429. The van der Waals surface area contributed by atoms with Crippen molar-refractivity contribution in [1.29, 1.82) is 0 Å². The first kappa shape index (κ1) is 20.3. The van der Waals surface area contributed by atoms with Crippen molar-refractivity contribution in [3.05, 3.63) is 46.5 Å². The van der Waals surface area contributed by atoms with Gasteiger partial charge in [0.25, 0.3) is 5.91 Å². The fourth-order valence-corrected chi connectivity index (χ4v) is 4.28. The molecule has 3 heterocycles. The number of amides is 2. The molecule has 2 amide bonds. The number of aromatic nitrogens is 1. The van der Waals surface area contributed by atoms with Crippen molar-refractivity contribution in [3.8, 4) is 0 Å². The number of fused-ring (bicyclic) bond motifs is 1. The number of carbonyl (C=O) groups excluding carboxylic acids is 2. The molecule has 158 valence electrons. The Labute approximate surface area is 178 Å². The second kappa shape index (κ2) is 8.06. The Morgan fingerprint density at radius 2 is 2.03 bits per heavy atom. The molecule has 9 heteroatoms. The normalized spacial score (nSPS) is 18.3. The lowest BCUT2D eigenvalue weighted by Gasteiger charge is -2.29. The fourth-order valence-electron chi connectivity index (χ4n) is 3.26.